The molecule has 3 nitrogen and oxygen atoms in total. The smallest absolute Gasteiger partial charge is 0.237 e. The van der Waals surface area contributed by atoms with Crippen molar-refractivity contribution < 1.29 is 13.6 Å². The number of carbonyl (C=O) groups excluding carboxylic acids is 1. The SMILES string of the molecule is CCN(Cc1c(F)cccc1F)[C@H]1CCNC1=O. The lowest BCUT2D eigenvalue weighted by molar-refractivity contribution is -0.123. The fourth-order valence-electron chi connectivity index (χ4n) is 2.26. The quantitative estimate of drug-likeness (QED) is 0.886. The minimum atomic E-state index is -0.563. The first-order valence-electron chi connectivity index (χ1n) is 6.08. The molecule has 1 aliphatic heterocycles. The van der Waals surface area contributed by atoms with Crippen molar-refractivity contribution in [2.75, 3.05) is 13.1 Å². The van der Waals surface area contributed by atoms with Gasteiger partial charge in [-0.15, -0.1) is 0 Å². The molecule has 1 amide bonds. The first-order valence-corrected chi connectivity index (χ1v) is 6.08. The second-order valence-electron chi connectivity index (χ2n) is 4.36. The summed E-state index contributed by atoms with van der Waals surface area (Å²) in [4.78, 5) is 13.4. The summed E-state index contributed by atoms with van der Waals surface area (Å²) in [5.41, 5.74) is 0.0269. The Balaban J connectivity index is 2.17. The summed E-state index contributed by atoms with van der Waals surface area (Å²) >= 11 is 0. The highest BCUT2D eigenvalue weighted by Crippen LogP contribution is 2.18. The van der Waals surface area contributed by atoms with Crippen LogP contribution in [0.5, 0.6) is 0 Å². The van der Waals surface area contributed by atoms with Crippen molar-refractivity contribution >= 4 is 5.91 Å². The summed E-state index contributed by atoms with van der Waals surface area (Å²) in [6, 6.07) is 3.53. The lowest BCUT2D eigenvalue weighted by Gasteiger charge is -2.25. The van der Waals surface area contributed by atoms with Crippen LogP contribution in [0.3, 0.4) is 0 Å². The Hall–Kier alpha value is -1.49. The zero-order valence-corrected chi connectivity index (χ0v) is 10.2. The van der Waals surface area contributed by atoms with Gasteiger partial charge in [0.25, 0.3) is 0 Å². The lowest BCUT2D eigenvalue weighted by atomic mass is 10.1. The number of hydrogen-bond acceptors (Lipinski definition) is 2. The minimum Gasteiger partial charge on any atom is -0.355 e. The Labute approximate surface area is 105 Å². The Morgan fingerprint density at radius 2 is 2.06 bits per heavy atom. The van der Waals surface area contributed by atoms with Gasteiger partial charge in [-0.3, -0.25) is 9.69 Å². The Kier molecular flexibility index (Phi) is 3.91. The van der Waals surface area contributed by atoms with Crippen LogP contribution in [0.25, 0.3) is 0 Å². The van der Waals surface area contributed by atoms with E-state index in [0.717, 1.165) is 0 Å². The maximum atomic E-state index is 13.6. The minimum absolute atomic E-state index is 0.0269. The highest BCUT2D eigenvalue weighted by atomic mass is 19.1. The van der Waals surface area contributed by atoms with E-state index in [9.17, 15) is 13.6 Å². The van der Waals surface area contributed by atoms with Gasteiger partial charge < -0.3 is 5.32 Å². The van der Waals surface area contributed by atoms with Gasteiger partial charge in [0.15, 0.2) is 0 Å². The fourth-order valence-corrected chi connectivity index (χ4v) is 2.26. The monoisotopic (exact) mass is 254 g/mol. The van der Waals surface area contributed by atoms with Gasteiger partial charge in [0.05, 0.1) is 6.04 Å². The molecule has 0 bridgehead atoms. The molecule has 1 aromatic rings. The molecule has 0 saturated carbocycles. The second-order valence-corrected chi connectivity index (χ2v) is 4.36. The number of nitrogens with one attached hydrogen (secondary N) is 1. The van der Waals surface area contributed by atoms with Crippen LogP contribution in [0.2, 0.25) is 0 Å². The Morgan fingerprint density at radius 3 is 2.56 bits per heavy atom. The van der Waals surface area contributed by atoms with E-state index in [2.05, 4.69) is 5.32 Å². The summed E-state index contributed by atoms with van der Waals surface area (Å²) in [6.45, 7) is 3.20. The topological polar surface area (TPSA) is 32.3 Å². The van der Waals surface area contributed by atoms with Gasteiger partial charge in [-0.25, -0.2) is 8.78 Å². The standard InChI is InChI=1S/C13H16F2N2O/c1-2-17(12-6-7-16-13(12)18)8-9-10(14)4-3-5-11(9)15/h3-5,12H,2,6-8H2,1H3,(H,16,18)/t12-/m0/s1. The Bertz CT molecular complexity index is 430. The highest BCUT2D eigenvalue weighted by molar-refractivity contribution is 5.83. The van der Waals surface area contributed by atoms with Crippen molar-refractivity contribution in [3.8, 4) is 0 Å². The van der Waals surface area contributed by atoms with Crippen molar-refractivity contribution in [1.82, 2.24) is 10.2 Å². The molecule has 1 saturated heterocycles. The molecule has 1 atom stereocenters. The largest absolute Gasteiger partial charge is 0.355 e. The van der Waals surface area contributed by atoms with Gasteiger partial charge in [-0.2, -0.15) is 0 Å². The van der Waals surface area contributed by atoms with E-state index in [1.807, 2.05) is 6.92 Å². The molecular weight excluding hydrogens is 238 g/mol. The first kappa shape index (κ1) is 13.0. The molecular formula is C13H16F2N2O. The first-order chi connectivity index (χ1) is 8.63. The molecule has 2 rings (SSSR count). The molecule has 1 aromatic carbocycles. The third kappa shape index (κ3) is 2.51. The van der Waals surface area contributed by atoms with E-state index >= 15 is 0 Å². The van der Waals surface area contributed by atoms with Crippen LogP contribution in [0.4, 0.5) is 8.78 Å². The summed E-state index contributed by atoms with van der Waals surface area (Å²) in [6.07, 6.45) is 0.683. The molecule has 1 aliphatic rings. The number of likely N-dealkylation sites (N-methyl/N-ethyl adjacent to an activating group) is 1. The second kappa shape index (κ2) is 5.44. The third-order valence-electron chi connectivity index (χ3n) is 3.29. The average Bonchev–Trinajstić information content (AvgIpc) is 2.76. The van der Waals surface area contributed by atoms with Gasteiger partial charge in [-0.1, -0.05) is 13.0 Å². The molecule has 1 N–H and O–H groups in total. The van der Waals surface area contributed by atoms with Gasteiger partial charge in [0, 0.05) is 18.7 Å². The number of carbonyl (C=O) groups is 1. The fraction of sp³-hybridized carbons (Fsp3) is 0.462. The maximum Gasteiger partial charge on any atom is 0.237 e. The van der Waals surface area contributed by atoms with E-state index < -0.39 is 11.6 Å². The maximum absolute atomic E-state index is 13.6. The van der Waals surface area contributed by atoms with E-state index in [1.165, 1.54) is 18.2 Å². The predicted molar refractivity (Wildman–Crippen MR) is 63.9 cm³/mol. The molecule has 5 heteroatoms. The number of hydrogen-bond donors (Lipinski definition) is 1. The van der Waals surface area contributed by atoms with Crippen LogP contribution < -0.4 is 5.32 Å². The predicted octanol–water partition coefficient (Wildman–Crippen LogP) is 1.68. The normalized spacial score (nSPS) is 19.3. The molecule has 1 fully saturated rings. The van der Waals surface area contributed by atoms with Gasteiger partial charge in [0.2, 0.25) is 5.91 Å². The van der Waals surface area contributed by atoms with Crippen molar-refractivity contribution in [3.63, 3.8) is 0 Å². The number of amides is 1. The van der Waals surface area contributed by atoms with Gasteiger partial charge >= 0.3 is 0 Å². The molecule has 0 aliphatic carbocycles. The van der Waals surface area contributed by atoms with E-state index in [-0.39, 0.29) is 24.1 Å². The molecule has 0 spiro atoms. The highest BCUT2D eigenvalue weighted by Gasteiger charge is 2.30. The van der Waals surface area contributed by atoms with Crippen molar-refractivity contribution in [3.05, 3.63) is 35.4 Å². The van der Waals surface area contributed by atoms with Crippen molar-refractivity contribution in [2.45, 2.75) is 25.9 Å². The van der Waals surface area contributed by atoms with Crippen molar-refractivity contribution in [2.24, 2.45) is 0 Å². The summed E-state index contributed by atoms with van der Waals surface area (Å²) in [7, 11) is 0. The number of halogens is 2. The third-order valence-corrected chi connectivity index (χ3v) is 3.29. The number of rotatable bonds is 4. The molecule has 0 unspecified atom stereocenters. The zero-order chi connectivity index (χ0) is 13.1. The average molecular weight is 254 g/mol. The van der Waals surface area contributed by atoms with E-state index in [4.69, 9.17) is 0 Å². The van der Waals surface area contributed by atoms with Crippen LogP contribution >= 0.6 is 0 Å². The zero-order valence-electron chi connectivity index (χ0n) is 10.2. The molecule has 1 heterocycles. The molecule has 98 valence electrons. The van der Waals surface area contributed by atoms with Gasteiger partial charge in [-0.05, 0) is 25.1 Å². The summed E-state index contributed by atoms with van der Waals surface area (Å²) in [5, 5.41) is 2.73. The number of nitrogens with zero attached hydrogens (tertiary/aromatic N) is 1. The molecule has 0 radical (unpaired) electrons. The van der Waals surface area contributed by atoms with E-state index in [0.29, 0.717) is 19.5 Å². The van der Waals surface area contributed by atoms with Crippen LogP contribution in [-0.4, -0.2) is 29.9 Å². The molecule has 18 heavy (non-hydrogen) atoms. The van der Waals surface area contributed by atoms with Gasteiger partial charge in [0.1, 0.15) is 11.6 Å². The van der Waals surface area contributed by atoms with Crippen LogP contribution in [-0.2, 0) is 11.3 Å². The molecule has 0 aromatic heterocycles. The lowest BCUT2D eigenvalue weighted by Crippen LogP contribution is -2.40. The summed E-state index contributed by atoms with van der Waals surface area (Å²) in [5.74, 6) is -1.19. The van der Waals surface area contributed by atoms with Crippen LogP contribution in [0.1, 0.15) is 18.9 Å². The summed E-state index contributed by atoms with van der Waals surface area (Å²) < 4.78 is 27.1. The number of benzene rings is 1. The Morgan fingerprint density at radius 1 is 1.39 bits per heavy atom. The van der Waals surface area contributed by atoms with Crippen LogP contribution in [0.15, 0.2) is 18.2 Å². The van der Waals surface area contributed by atoms with Crippen LogP contribution in [0, 0.1) is 11.6 Å². The van der Waals surface area contributed by atoms with E-state index in [1.54, 1.807) is 4.90 Å². The van der Waals surface area contributed by atoms with Crippen molar-refractivity contribution in [1.29, 1.82) is 0 Å².